The topological polar surface area (TPSA) is 159 Å². The zero-order chi connectivity index (χ0) is 21.2. The molecule has 0 saturated heterocycles. The zero-order valence-electron chi connectivity index (χ0n) is 13.0. The molecule has 0 atom stereocenters. The first-order valence-corrected chi connectivity index (χ1v) is 9.88. The van der Waals surface area contributed by atoms with Crippen molar-refractivity contribution < 1.29 is 71.4 Å². The second-order valence-electron chi connectivity index (χ2n) is 2.00. The normalized spacial score (nSPS) is 3.42. The van der Waals surface area contributed by atoms with Crippen molar-refractivity contribution in [2.45, 2.75) is 0 Å². The van der Waals surface area contributed by atoms with Gasteiger partial charge in [-0.25, -0.2) is 0 Å². The van der Waals surface area contributed by atoms with Gasteiger partial charge in [-0.05, 0) is 0 Å². The average Bonchev–Trinajstić information content (AvgIpc) is 2.68. The van der Waals surface area contributed by atoms with Crippen LogP contribution in [0.4, 0.5) is 0 Å². The molecule has 0 saturated carbocycles. The van der Waals surface area contributed by atoms with Gasteiger partial charge >= 0.3 is 90.4 Å². The second kappa shape index (κ2) is 321. The zero-order valence-corrected chi connectivity index (χ0v) is 17.2. The molecule has 8 nitrogen and oxygen atoms in total. The molecule has 0 bridgehead atoms. The quantitative estimate of drug-likeness (QED) is 0.241. The van der Waals surface area contributed by atoms with Crippen molar-refractivity contribution in [3.63, 3.8) is 0 Å². The van der Waals surface area contributed by atoms with Crippen molar-refractivity contribution in [2.24, 2.45) is 0 Å². The van der Waals surface area contributed by atoms with E-state index in [0.29, 0.717) is 0 Å². The predicted molar refractivity (Wildman–Crippen MR) is 71.8 cm³/mol. The number of hydrogen-bond donors (Lipinski definition) is 0. The molecule has 0 aromatic heterocycles. The average molecular weight is 460 g/mol. The molecule has 0 amide bonds. The van der Waals surface area contributed by atoms with Gasteiger partial charge in [0, 0.05) is 34.1 Å². The molecule has 0 heterocycles. The SMILES string of the molecule is C[PH+](C)[PH+](C)C.[C-]#[O+].[C-]#[O+].[C-]#[O+].[C-]#[O+].[C-]#[O+].[C-]#[O+].[C-]#[O+].[C-]#[O+].[Fe].[Fe]. The Morgan fingerprint density at radius 2 is 0.375 bits per heavy atom. The smallest absolute Gasteiger partial charge is 0 e. The first kappa shape index (κ1) is 75.5. The summed E-state index contributed by atoms with van der Waals surface area (Å²) < 4.78 is 60.0. The van der Waals surface area contributed by atoms with Crippen LogP contribution in [0.1, 0.15) is 0 Å². The van der Waals surface area contributed by atoms with E-state index < -0.39 is 0 Å². The summed E-state index contributed by atoms with van der Waals surface area (Å²) in [6, 6.07) is 0. The minimum atomic E-state index is 0. The summed E-state index contributed by atoms with van der Waals surface area (Å²) in [5, 5.41) is 0. The molecule has 0 aromatic rings. The molecule has 0 aromatic carbocycles. The van der Waals surface area contributed by atoms with Gasteiger partial charge in [-0.1, -0.05) is 0 Å². The van der Waals surface area contributed by atoms with Gasteiger partial charge in [0.1, 0.15) is 15.2 Å². The maximum Gasteiger partial charge on any atom is 0 e. The van der Waals surface area contributed by atoms with Crippen LogP contribution in [0.25, 0.3) is 0 Å². The van der Waals surface area contributed by atoms with Crippen LogP contribution < -0.4 is 0 Å². The van der Waals surface area contributed by atoms with Gasteiger partial charge in [0.05, 0.1) is 26.7 Å². The van der Waals surface area contributed by atoms with Gasteiger partial charge < -0.3 is 0 Å². The van der Waals surface area contributed by atoms with Gasteiger partial charge in [0.15, 0.2) is 0 Å². The van der Waals surface area contributed by atoms with E-state index in [1.165, 1.54) is 0 Å². The number of rotatable bonds is 1. The van der Waals surface area contributed by atoms with Crippen LogP contribution in [0, 0.1) is 53.2 Å². The number of hydrogen-bond acceptors (Lipinski definition) is 0. The first-order chi connectivity index (χ1) is 10.6. The third-order valence-electron chi connectivity index (χ3n) is 1.00. The molecular weight excluding hydrogens is 446 g/mol. The van der Waals surface area contributed by atoms with Gasteiger partial charge in [-0.2, -0.15) is 0 Å². The van der Waals surface area contributed by atoms with E-state index in [4.69, 9.17) is 37.2 Å². The largest absolute Gasteiger partial charge is 0 e. The van der Waals surface area contributed by atoms with E-state index in [9.17, 15) is 0 Å². The van der Waals surface area contributed by atoms with Gasteiger partial charge in [-0.3, -0.25) is 0 Å². The minimum Gasteiger partial charge on any atom is 0 e. The van der Waals surface area contributed by atoms with Crippen LogP contribution in [-0.2, 0) is 71.4 Å². The molecule has 0 N–H and O–H groups in total. The van der Waals surface area contributed by atoms with Crippen molar-refractivity contribution in [2.75, 3.05) is 26.7 Å². The second-order valence-corrected chi connectivity index (χ2v) is 12.0. The Labute approximate surface area is 166 Å². The molecule has 0 aliphatic carbocycles. The molecule has 0 aliphatic rings. The molecule has 12 heteroatoms. The summed E-state index contributed by atoms with van der Waals surface area (Å²) in [5.74, 6) is 0. The van der Waals surface area contributed by atoms with E-state index in [2.05, 4.69) is 79.9 Å². The van der Waals surface area contributed by atoms with Gasteiger partial charge in [0.25, 0.3) is 0 Å². The van der Waals surface area contributed by atoms with Gasteiger partial charge in [-0.15, -0.1) is 0 Å². The van der Waals surface area contributed by atoms with Crippen LogP contribution in [0.15, 0.2) is 0 Å². The van der Waals surface area contributed by atoms with Gasteiger partial charge in [0.2, 0.25) is 0 Å². The molecule has 0 spiro atoms. The Kier molecular flexibility index (Phi) is 1010. The Bertz CT molecular complexity index is 213. The minimum absolute atomic E-state index is 0. The maximum atomic E-state index is 7.50. The summed E-state index contributed by atoms with van der Waals surface area (Å²) >= 11 is 0. The van der Waals surface area contributed by atoms with Crippen LogP contribution in [0.3, 0.4) is 0 Å². The Morgan fingerprint density at radius 1 is 0.333 bits per heavy atom. The van der Waals surface area contributed by atoms with Crippen LogP contribution in [0.2, 0.25) is 0 Å². The fourth-order valence-corrected chi connectivity index (χ4v) is 0. The van der Waals surface area contributed by atoms with E-state index in [0.717, 1.165) is 0 Å². The summed E-state index contributed by atoms with van der Waals surface area (Å²) in [4.78, 5) is 0. The molecule has 134 valence electrons. The summed E-state index contributed by atoms with van der Waals surface area (Å²) in [5.41, 5.74) is 0. The van der Waals surface area contributed by atoms with E-state index in [1.54, 1.807) is 0 Å². The molecule has 24 heavy (non-hydrogen) atoms. The molecule has 0 radical (unpaired) electrons. The van der Waals surface area contributed by atoms with Crippen molar-refractivity contribution in [3.05, 3.63) is 53.2 Å². The molecule has 0 rings (SSSR count). The van der Waals surface area contributed by atoms with Crippen molar-refractivity contribution >= 4 is 15.2 Å². The van der Waals surface area contributed by atoms with E-state index in [-0.39, 0.29) is 49.4 Å². The predicted octanol–water partition coefficient (Wildman–Crippen LogP) is 1.54. The van der Waals surface area contributed by atoms with E-state index >= 15 is 0 Å². The summed E-state index contributed by atoms with van der Waals surface area (Å²) in [6.07, 6.45) is 0. The Hall–Kier alpha value is -0.181. The monoisotopic (exact) mass is 460 g/mol. The summed E-state index contributed by atoms with van der Waals surface area (Å²) in [6.45, 7) is 45.6. The Balaban J connectivity index is -0.00000000926. The van der Waals surface area contributed by atoms with Crippen LogP contribution >= 0.6 is 15.2 Å². The van der Waals surface area contributed by atoms with Crippen LogP contribution in [-0.4, -0.2) is 26.7 Å². The molecule has 0 fully saturated rings. The van der Waals surface area contributed by atoms with E-state index in [1.807, 2.05) is 0 Å². The molecule has 0 unspecified atom stereocenters. The fourth-order valence-electron chi connectivity index (χ4n) is 0. The summed E-state index contributed by atoms with van der Waals surface area (Å²) in [7, 11) is 0.300. The van der Waals surface area contributed by atoms with Crippen molar-refractivity contribution in [1.29, 1.82) is 0 Å². The first-order valence-electron chi connectivity index (χ1n) is 3.88. The fraction of sp³-hybridized carbons (Fsp3) is 0.333. The van der Waals surface area contributed by atoms with Crippen molar-refractivity contribution in [1.82, 2.24) is 0 Å². The third-order valence-corrected chi connectivity index (χ3v) is 9.00. The standard InChI is InChI=1S/C4H14P2.8CO.2Fe/c1-5(2)6(3)4;8*1-2;;/h5-6H,1-4H3;;;;;;;;;;/q+2;;;;;;;;;;. The maximum absolute atomic E-state index is 7.50. The third kappa shape index (κ3) is 648. The van der Waals surface area contributed by atoms with Crippen LogP contribution in [0.5, 0.6) is 0 Å². The Morgan fingerprint density at radius 3 is 0.375 bits per heavy atom. The molecule has 0 aliphatic heterocycles. The molecular formula is C12H14Fe2O8P2+2. The van der Waals surface area contributed by atoms with Crippen molar-refractivity contribution in [3.8, 4) is 0 Å².